The van der Waals surface area contributed by atoms with Gasteiger partial charge in [-0.2, -0.15) is 11.8 Å². The van der Waals surface area contributed by atoms with E-state index in [1.165, 1.54) is 76.4 Å². The van der Waals surface area contributed by atoms with Crippen molar-refractivity contribution in [2.24, 2.45) is 0 Å². The zero-order chi connectivity index (χ0) is 15.2. The van der Waals surface area contributed by atoms with Gasteiger partial charge < -0.3 is 10.1 Å². The minimum absolute atomic E-state index is 0.724. The first-order valence-electron chi connectivity index (χ1n) is 9.22. The molecule has 0 aromatic heterocycles. The van der Waals surface area contributed by atoms with E-state index in [0.29, 0.717) is 0 Å². The number of methoxy groups -OCH3 is 1. The Labute approximate surface area is 137 Å². The molecule has 0 spiro atoms. The van der Waals surface area contributed by atoms with E-state index in [1.54, 1.807) is 0 Å². The Morgan fingerprint density at radius 1 is 0.952 bits per heavy atom. The van der Waals surface area contributed by atoms with E-state index in [1.807, 2.05) is 7.11 Å². The molecule has 0 heterocycles. The zero-order valence-corrected chi connectivity index (χ0v) is 15.2. The number of hydrogen-bond acceptors (Lipinski definition) is 3. The van der Waals surface area contributed by atoms with E-state index in [4.69, 9.17) is 4.74 Å². The lowest BCUT2D eigenvalue weighted by Gasteiger charge is -2.28. The van der Waals surface area contributed by atoms with Crippen molar-refractivity contribution in [1.29, 1.82) is 0 Å². The van der Waals surface area contributed by atoms with Gasteiger partial charge in [-0.15, -0.1) is 0 Å². The molecule has 0 saturated heterocycles. The van der Waals surface area contributed by atoms with Gasteiger partial charge in [0.1, 0.15) is 0 Å². The molecule has 1 aliphatic carbocycles. The molecular formula is C18H37NOS. The summed E-state index contributed by atoms with van der Waals surface area (Å²) in [6.07, 6.45) is 15.5. The Bertz CT molecular complexity index is 223. The Morgan fingerprint density at radius 3 is 2.19 bits per heavy atom. The van der Waals surface area contributed by atoms with Gasteiger partial charge in [0, 0.05) is 25.0 Å². The molecule has 0 bridgehead atoms. The molecule has 1 fully saturated rings. The van der Waals surface area contributed by atoms with Crippen LogP contribution < -0.4 is 5.32 Å². The first kappa shape index (κ1) is 19.3. The quantitative estimate of drug-likeness (QED) is 0.667. The van der Waals surface area contributed by atoms with Crippen LogP contribution in [-0.2, 0) is 4.74 Å². The van der Waals surface area contributed by atoms with Crippen LogP contribution in [0.25, 0.3) is 0 Å². The number of nitrogens with one attached hydrogen (secondary N) is 1. The summed E-state index contributed by atoms with van der Waals surface area (Å²) < 4.78 is 5.19. The molecule has 2 nitrogen and oxygen atoms in total. The predicted octanol–water partition coefficient (Wildman–Crippen LogP) is 5.02. The van der Waals surface area contributed by atoms with Crippen molar-refractivity contribution in [3.63, 3.8) is 0 Å². The topological polar surface area (TPSA) is 21.3 Å². The largest absolute Gasteiger partial charge is 0.385 e. The highest BCUT2D eigenvalue weighted by molar-refractivity contribution is 7.99. The molecule has 21 heavy (non-hydrogen) atoms. The number of rotatable bonds is 7. The minimum Gasteiger partial charge on any atom is -0.385 e. The number of thioether (sulfide) groups is 1. The van der Waals surface area contributed by atoms with Crippen molar-refractivity contribution < 1.29 is 4.74 Å². The van der Waals surface area contributed by atoms with Crippen molar-refractivity contribution in [3.8, 4) is 0 Å². The minimum atomic E-state index is 0.724. The van der Waals surface area contributed by atoms with Crippen LogP contribution in [0.4, 0.5) is 0 Å². The maximum atomic E-state index is 5.19. The van der Waals surface area contributed by atoms with Gasteiger partial charge in [-0.25, -0.2) is 0 Å². The normalized spacial score (nSPS) is 26.0. The zero-order valence-electron chi connectivity index (χ0n) is 14.4. The molecule has 1 rings (SSSR count). The SMILES string of the molecule is CCNC1CCCCCCCCCCC1SCCCOC. The van der Waals surface area contributed by atoms with E-state index >= 15 is 0 Å². The monoisotopic (exact) mass is 315 g/mol. The second-order valence-corrected chi connectivity index (χ2v) is 7.67. The molecule has 0 aliphatic heterocycles. The summed E-state index contributed by atoms with van der Waals surface area (Å²) in [5.74, 6) is 1.25. The lowest BCUT2D eigenvalue weighted by molar-refractivity contribution is 0.200. The Kier molecular flexibility index (Phi) is 12.8. The molecule has 2 unspecified atom stereocenters. The van der Waals surface area contributed by atoms with Crippen LogP contribution in [-0.4, -0.2) is 37.3 Å². The highest BCUT2D eigenvalue weighted by atomic mass is 32.2. The fourth-order valence-electron chi connectivity index (χ4n) is 3.29. The summed E-state index contributed by atoms with van der Waals surface area (Å²) in [6.45, 7) is 4.27. The molecule has 3 heteroatoms. The fraction of sp³-hybridized carbons (Fsp3) is 1.00. The third kappa shape index (κ3) is 9.80. The van der Waals surface area contributed by atoms with Gasteiger partial charge in [0.05, 0.1) is 0 Å². The number of hydrogen-bond donors (Lipinski definition) is 1. The van der Waals surface area contributed by atoms with Crippen LogP contribution in [0.1, 0.15) is 77.6 Å². The smallest absolute Gasteiger partial charge is 0.0470 e. The first-order chi connectivity index (χ1) is 10.4. The van der Waals surface area contributed by atoms with Gasteiger partial charge in [-0.3, -0.25) is 0 Å². The van der Waals surface area contributed by atoms with E-state index < -0.39 is 0 Å². The molecule has 1 aliphatic rings. The second kappa shape index (κ2) is 13.9. The Balaban J connectivity index is 2.44. The maximum absolute atomic E-state index is 5.19. The van der Waals surface area contributed by atoms with Crippen molar-refractivity contribution in [2.45, 2.75) is 88.8 Å². The average molecular weight is 316 g/mol. The molecule has 2 atom stereocenters. The summed E-state index contributed by atoms with van der Waals surface area (Å²) in [6, 6.07) is 0.724. The van der Waals surface area contributed by atoms with Gasteiger partial charge in [0.2, 0.25) is 0 Å². The third-order valence-corrected chi connectivity index (χ3v) is 6.01. The van der Waals surface area contributed by atoms with Crippen LogP contribution in [0.5, 0.6) is 0 Å². The average Bonchev–Trinajstić information content (AvgIpc) is 2.48. The van der Waals surface area contributed by atoms with E-state index in [2.05, 4.69) is 24.0 Å². The van der Waals surface area contributed by atoms with Gasteiger partial charge in [-0.05, 0) is 31.6 Å². The van der Waals surface area contributed by atoms with E-state index in [0.717, 1.165) is 24.4 Å². The van der Waals surface area contributed by atoms with Crippen LogP contribution in [0.3, 0.4) is 0 Å². The maximum Gasteiger partial charge on any atom is 0.0470 e. The molecule has 0 aromatic rings. The van der Waals surface area contributed by atoms with Gasteiger partial charge in [0.15, 0.2) is 0 Å². The summed E-state index contributed by atoms with van der Waals surface area (Å²) in [5.41, 5.74) is 0. The second-order valence-electron chi connectivity index (χ2n) is 6.33. The lowest BCUT2D eigenvalue weighted by atomic mass is 9.97. The van der Waals surface area contributed by atoms with E-state index in [9.17, 15) is 0 Å². The van der Waals surface area contributed by atoms with Crippen LogP contribution in [0.15, 0.2) is 0 Å². The predicted molar refractivity (Wildman–Crippen MR) is 96.4 cm³/mol. The van der Waals surface area contributed by atoms with Crippen molar-refractivity contribution >= 4 is 11.8 Å². The molecule has 126 valence electrons. The Morgan fingerprint density at radius 2 is 1.57 bits per heavy atom. The van der Waals surface area contributed by atoms with Gasteiger partial charge >= 0.3 is 0 Å². The van der Waals surface area contributed by atoms with Crippen LogP contribution in [0.2, 0.25) is 0 Å². The van der Waals surface area contributed by atoms with Crippen molar-refractivity contribution in [3.05, 3.63) is 0 Å². The summed E-state index contributed by atoms with van der Waals surface area (Å²) in [7, 11) is 1.81. The highest BCUT2D eigenvalue weighted by Gasteiger charge is 2.20. The molecule has 0 radical (unpaired) electrons. The van der Waals surface area contributed by atoms with Crippen LogP contribution in [0, 0.1) is 0 Å². The summed E-state index contributed by atoms with van der Waals surface area (Å²) >= 11 is 2.19. The lowest BCUT2D eigenvalue weighted by Crippen LogP contribution is -2.38. The van der Waals surface area contributed by atoms with Crippen molar-refractivity contribution in [2.75, 3.05) is 26.0 Å². The summed E-state index contributed by atoms with van der Waals surface area (Å²) in [4.78, 5) is 0. The Hall–Kier alpha value is 0.270. The van der Waals surface area contributed by atoms with Gasteiger partial charge in [0.25, 0.3) is 0 Å². The standard InChI is InChI=1S/C18H37NOS/c1-3-19-17-13-10-8-6-4-5-7-9-11-14-18(17)21-16-12-15-20-2/h17-19H,3-16H2,1-2H3. The number of ether oxygens (including phenoxy) is 1. The van der Waals surface area contributed by atoms with Crippen LogP contribution >= 0.6 is 11.8 Å². The third-order valence-electron chi connectivity index (χ3n) is 4.49. The van der Waals surface area contributed by atoms with Gasteiger partial charge in [-0.1, -0.05) is 58.3 Å². The van der Waals surface area contributed by atoms with E-state index in [-0.39, 0.29) is 0 Å². The first-order valence-corrected chi connectivity index (χ1v) is 10.3. The molecular weight excluding hydrogens is 278 g/mol. The molecule has 1 N–H and O–H groups in total. The molecule has 1 saturated carbocycles. The summed E-state index contributed by atoms with van der Waals surface area (Å²) in [5, 5.41) is 4.58. The fourth-order valence-corrected chi connectivity index (χ4v) is 4.68. The molecule has 0 amide bonds. The highest BCUT2D eigenvalue weighted by Crippen LogP contribution is 2.26. The molecule has 0 aromatic carbocycles. The van der Waals surface area contributed by atoms with Crippen molar-refractivity contribution in [1.82, 2.24) is 5.32 Å².